The predicted molar refractivity (Wildman–Crippen MR) is 72.1 cm³/mol. The minimum absolute atomic E-state index is 0.0851. The van der Waals surface area contributed by atoms with Gasteiger partial charge in [-0.25, -0.2) is 0 Å². The maximum atomic E-state index is 12.0. The summed E-state index contributed by atoms with van der Waals surface area (Å²) in [5.74, 6) is 1.08. The van der Waals surface area contributed by atoms with Crippen LogP contribution in [0.25, 0.3) is 0 Å². The summed E-state index contributed by atoms with van der Waals surface area (Å²) in [6.07, 6.45) is 4.79. The molecule has 1 aromatic heterocycles. The molecule has 6 heteroatoms. The molecule has 1 fully saturated rings. The lowest BCUT2D eigenvalue weighted by Crippen LogP contribution is -2.42. The normalized spacial score (nSPS) is 22.1. The molecule has 0 aromatic carbocycles. The second-order valence-corrected chi connectivity index (χ2v) is 5.60. The van der Waals surface area contributed by atoms with Crippen LogP contribution in [0.4, 0.5) is 0 Å². The third-order valence-electron chi connectivity index (χ3n) is 4.27. The molecule has 110 valence electrons. The number of nitrogens with one attached hydrogen (secondary N) is 1. The van der Waals surface area contributed by atoms with Crippen molar-refractivity contribution in [3.63, 3.8) is 0 Å². The van der Waals surface area contributed by atoms with Crippen LogP contribution < -0.4 is 5.32 Å². The lowest BCUT2D eigenvalue weighted by Gasteiger charge is -2.23. The second-order valence-electron chi connectivity index (χ2n) is 5.60. The number of aromatic nitrogens is 1. The van der Waals surface area contributed by atoms with Crippen molar-refractivity contribution in [2.45, 2.75) is 44.8 Å². The molecule has 0 bridgehead atoms. The molecule has 0 spiro atoms. The summed E-state index contributed by atoms with van der Waals surface area (Å²) in [7, 11) is 0. The number of rotatable bonds is 4. The zero-order chi connectivity index (χ0) is 13.9. The summed E-state index contributed by atoms with van der Waals surface area (Å²) in [5.41, 5.74) is 1.65. The van der Waals surface area contributed by atoms with E-state index in [2.05, 4.69) is 10.5 Å². The molecule has 0 saturated carbocycles. The van der Waals surface area contributed by atoms with Gasteiger partial charge in [0.05, 0.1) is 13.2 Å². The van der Waals surface area contributed by atoms with Crippen molar-refractivity contribution < 1.29 is 14.4 Å². The molecule has 1 unspecified atom stereocenters. The van der Waals surface area contributed by atoms with Gasteiger partial charge in [0, 0.05) is 31.1 Å². The van der Waals surface area contributed by atoms with Gasteiger partial charge in [0.15, 0.2) is 0 Å². The highest BCUT2D eigenvalue weighted by atomic mass is 16.5. The van der Waals surface area contributed by atoms with Crippen LogP contribution in [-0.4, -0.2) is 46.7 Å². The van der Waals surface area contributed by atoms with Crippen LogP contribution in [0.1, 0.15) is 36.3 Å². The third kappa shape index (κ3) is 2.71. The number of amides is 1. The second kappa shape index (κ2) is 5.93. The average molecular weight is 279 g/mol. The number of aliphatic hydroxyl groups is 1. The van der Waals surface area contributed by atoms with Crippen LogP contribution in [-0.2, 0) is 24.2 Å². The number of aliphatic hydroxyl groups excluding tert-OH is 1. The van der Waals surface area contributed by atoms with Gasteiger partial charge in [-0.05, 0) is 25.7 Å². The fourth-order valence-corrected chi connectivity index (χ4v) is 3.07. The minimum atomic E-state index is -0.0851. The minimum Gasteiger partial charge on any atom is -0.390 e. The molecule has 2 heterocycles. The van der Waals surface area contributed by atoms with E-state index in [1.54, 1.807) is 0 Å². The number of carbonyl (C=O) groups excluding carboxylic acids is 1. The quantitative estimate of drug-likeness (QED) is 0.825. The highest BCUT2D eigenvalue weighted by Crippen LogP contribution is 2.24. The number of carbonyl (C=O) groups is 1. The Kier molecular flexibility index (Phi) is 4.03. The Hall–Kier alpha value is -1.40. The van der Waals surface area contributed by atoms with Crippen LogP contribution in [0.15, 0.2) is 4.52 Å². The average Bonchev–Trinajstić information content (AvgIpc) is 3.13. The van der Waals surface area contributed by atoms with Gasteiger partial charge in [0.2, 0.25) is 5.91 Å². The van der Waals surface area contributed by atoms with Crippen molar-refractivity contribution in [1.29, 1.82) is 0 Å². The van der Waals surface area contributed by atoms with Crippen LogP contribution in [0.5, 0.6) is 0 Å². The number of hydrogen-bond acceptors (Lipinski definition) is 5. The highest BCUT2D eigenvalue weighted by Gasteiger charge is 2.26. The van der Waals surface area contributed by atoms with Gasteiger partial charge in [-0.15, -0.1) is 0 Å². The number of aryl methyl sites for hydroxylation is 1. The third-order valence-corrected chi connectivity index (χ3v) is 4.27. The zero-order valence-electron chi connectivity index (χ0n) is 11.6. The Bertz CT molecular complexity index is 467. The predicted octanol–water partition coefficient (Wildman–Crippen LogP) is 0.236. The summed E-state index contributed by atoms with van der Waals surface area (Å²) >= 11 is 0. The summed E-state index contributed by atoms with van der Waals surface area (Å²) in [4.78, 5) is 13.9. The molecular formula is C14H21N3O3. The smallest absolute Gasteiger partial charge is 0.236 e. The van der Waals surface area contributed by atoms with Gasteiger partial charge < -0.3 is 19.8 Å². The lowest BCUT2D eigenvalue weighted by molar-refractivity contribution is -0.129. The molecule has 3 rings (SSSR count). The molecule has 0 radical (unpaired) electrons. The Morgan fingerprint density at radius 3 is 3.00 bits per heavy atom. The van der Waals surface area contributed by atoms with Gasteiger partial charge in [-0.2, -0.15) is 0 Å². The fraction of sp³-hybridized carbons (Fsp3) is 0.714. The van der Waals surface area contributed by atoms with Crippen LogP contribution in [0, 0.1) is 0 Å². The number of hydrogen-bond donors (Lipinski definition) is 2. The van der Waals surface area contributed by atoms with Gasteiger partial charge in [0.1, 0.15) is 11.5 Å². The van der Waals surface area contributed by atoms with E-state index in [-0.39, 0.29) is 18.6 Å². The molecule has 2 aliphatic rings. The molecule has 2 N–H and O–H groups in total. The van der Waals surface area contributed by atoms with Gasteiger partial charge in [0.25, 0.3) is 0 Å². The van der Waals surface area contributed by atoms with E-state index in [0.29, 0.717) is 12.2 Å². The zero-order valence-corrected chi connectivity index (χ0v) is 11.6. The molecule has 6 nitrogen and oxygen atoms in total. The Morgan fingerprint density at radius 2 is 2.25 bits per heavy atom. The maximum absolute atomic E-state index is 12.0. The van der Waals surface area contributed by atoms with Crippen molar-refractivity contribution in [3.05, 3.63) is 17.0 Å². The van der Waals surface area contributed by atoms with E-state index < -0.39 is 0 Å². The monoisotopic (exact) mass is 279 g/mol. The largest absolute Gasteiger partial charge is 0.390 e. The van der Waals surface area contributed by atoms with E-state index in [1.165, 1.54) is 0 Å². The first kappa shape index (κ1) is 13.6. The molecule has 1 atom stereocenters. The van der Waals surface area contributed by atoms with Gasteiger partial charge in [-0.3, -0.25) is 4.79 Å². The van der Waals surface area contributed by atoms with E-state index >= 15 is 0 Å². The molecule has 1 aliphatic heterocycles. The van der Waals surface area contributed by atoms with Crippen molar-refractivity contribution in [2.24, 2.45) is 0 Å². The van der Waals surface area contributed by atoms with E-state index in [9.17, 15) is 9.90 Å². The summed E-state index contributed by atoms with van der Waals surface area (Å²) in [5, 5.41) is 16.4. The lowest BCUT2D eigenvalue weighted by atomic mass is 9.92. The first-order valence-corrected chi connectivity index (χ1v) is 7.36. The molecular weight excluding hydrogens is 258 g/mol. The standard InChI is InChI=1S/C14H21N3O3/c18-9-12-11-7-10(3-4-13(11)20-16-12)15-8-14(19)17-5-1-2-6-17/h10,15,18H,1-9H2. The van der Waals surface area contributed by atoms with Crippen molar-refractivity contribution in [3.8, 4) is 0 Å². The van der Waals surface area contributed by atoms with E-state index in [4.69, 9.17) is 4.52 Å². The van der Waals surface area contributed by atoms with E-state index in [1.807, 2.05) is 4.90 Å². The highest BCUT2D eigenvalue weighted by molar-refractivity contribution is 5.78. The van der Waals surface area contributed by atoms with Crippen molar-refractivity contribution in [2.75, 3.05) is 19.6 Å². The number of likely N-dealkylation sites (tertiary alicyclic amines) is 1. The molecule has 1 saturated heterocycles. The Morgan fingerprint density at radius 1 is 1.45 bits per heavy atom. The molecule has 1 amide bonds. The van der Waals surface area contributed by atoms with Crippen molar-refractivity contribution in [1.82, 2.24) is 15.4 Å². The molecule has 1 aromatic rings. The van der Waals surface area contributed by atoms with Crippen molar-refractivity contribution >= 4 is 5.91 Å². The summed E-state index contributed by atoms with van der Waals surface area (Å²) < 4.78 is 5.22. The maximum Gasteiger partial charge on any atom is 0.236 e. The summed E-state index contributed by atoms with van der Waals surface area (Å²) in [6.45, 7) is 2.11. The van der Waals surface area contributed by atoms with Crippen LogP contribution >= 0.6 is 0 Å². The first-order chi connectivity index (χ1) is 9.78. The molecule has 20 heavy (non-hydrogen) atoms. The number of nitrogens with zero attached hydrogens (tertiary/aromatic N) is 2. The van der Waals surface area contributed by atoms with Gasteiger partial charge in [-0.1, -0.05) is 5.16 Å². The topological polar surface area (TPSA) is 78.6 Å². The first-order valence-electron chi connectivity index (χ1n) is 7.36. The fourth-order valence-electron chi connectivity index (χ4n) is 3.07. The van der Waals surface area contributed by atoms with E-state index in [0.717, 1.165) is 56.5 Å². The Balaban J connectivity index is 1.53. The van der Waals surface area contributed by atoms with Gasteiger partial charge >= 0.3 is 0 Å². The molecule has 1 aliphatic carbocycles. The SMILES string of the molecule is O=C(CNC1CCc2onc(CO)c2C1)N1CCCC1. The summed E-state index contributed by atoms with van der Waals surface area (Å²) in [6, 6.07) is 0.263. The Labute approximate surface area is 118 Å². The van der Waals surface area contributed by atoms with Crippen LogP contribution in [0.2, 0.25) is 0 Å². The number of fused-ring (bicyclic) bond motifs is 1. The van der Waals surface area contributed by atoms with Crippen LogP contribution in [0.3, 0.4) is 0 Å².